The smallest absolute Gasteiger partial charge is 0.161 e. The number of ether oxygens (including phenoxy) is 2. The maximum absolute atomic E-state index is 5.83. The fourth-order valence-electron chi connectivity index (χ4n) is 2.20. The van der Waals surface area contributed by atoms with Crippen molar-refractivity contribution in [2.24, 2.45) is 5.41 Å². The molecular weight excluding hydrogens is 226 g/mol. The van der Waals surface area contributed by atoms with E-state index in [1.165, 1.54) is 12.8 Å². The van der Waals surface area contributed by atoms with Gasteiger partial charge < -0.3 is 14.8 Å². The van der Waals surface area contributed by atoms with Crippen LogP contribution in [0, 0.1) is 5.41 Å². The summed E-state index contributed by atoms with van der Waals surface area (Å²) in [5, 5.41) is 3.44. The molecule has 0 bridgehead atoms. The summed E-state index contributed by atoms with van der Waals surface area (Å²) in [7, 11) is 1.68. The highest BCUT2D eigenvalue weighted by Crippen LogP contribution is 2.48. The highest BCUT2D eigenvalue weighted by molar-refractivity contribution is 5.39. The summed E-state index contributed by atoms with van der Waals surface area (Å²) in [6.07, 6.45) is 3.78. The molecule has 18 heavy (non-hydrogen) atoms. The summed E-state index contributed by atoms with van der Waals surface area (Å²) in [4.78, 5) is 0. The van der Waals surface area contributed by atoms with Crippen molar-refractivity contribution in [3.63, 3.8) is 0 Å². The Morgan fingerprint density at radius 2 is 1.94 bits per heavy atom. The highest BCUT2D eigenvalue weighted by atomic mass is 16.5. The third-order valence-corrected chi connectivity index (χ3v) is 3.67. The minimum atomic E-state index is 0.498. The zero-order valence-electron chi connectivity index (χ0n) is 11.4. The van der Waals surface area contributed by atoms with E-state index in [1.807, 2.05) is 24.3 Å². The first-order valence-electron chi connectivity index (χ1n) is 6.76. The predicted octanol–water partition coefficient (Wildman–Crippen LogP) is 2.85. The molecule has 0 amide bonds. The van der Waals surface area contributed by atoms with Crippen molar-refractivity contribution in [2.45, 2.75) is 26.2 Å². The second kappa shape index (κ2) is 6.10. The molecule has 0 radical (unpaired) electrons. The van der Waals surface area contributed by atoms with Crippen LogP contribution < -0.4 is 14.8 Å². The van der Waals surface area contributed by atoms with Gasteiger partial charge in [0.15, 0.2) is 11.5 Å². The Kier molecular flexibility index (Phi) is 4.48. The van der Waals surface area contributed by atoms with E-state index < -0.39 is 0 Å². The lowest BCUT2D eigenvalue weighted by Gasteiger charge is -2.16. The van der Waals surface area contributed by atoms with Crippen LogP contribution >= 0.6 is 0 Å². The first kappa shape index (κ1) is 13.2. The molecule has 1 N–H and O–H groups in total. The van der Waals surface area contributed by atoms with Crippen molar-refractivity contribution in [1.29, 1.82) is 0 Å². The number of hydrogen-bond acceptors (Lipinski definition) is 3. The molecule has 0 atom stereocenters. The average molecular weight is 249 g/mol. The fraction of sp³-hybridized carbons (Fsp3) is 0.600. The van der Waals surface area contributed by atoms with E-state index >= 15 is 0 Å². The van der Waals surface area contributed by atoms with Gasteiger partial charge in [-0.1, -0.05) is 19.1 Å². The maximum Gasteiger partial charge on any atom is 0.161 e. The number of hydrogen-bond donors (Lipinski definition) is 1. The van der Waals surface area contributed by atoms with E-state index in [0.717, 1.165) is 37.6 Å². The summed E-state index contributed by atoms with van der Waals surface area (Å²) >= 11 is 0. The van der Waals surface area contributed by atoms with Gasteiger partial charge in [-0.15, -0.1) is 0 Å². The van der Waals surface area contributed by atoms with Gasteiger partial charge in [0.1, 0.15) is 0 Å². The molecular formula is C15H23NO2. The number of nitrogens with one attached hydrogen (secondary N) is 1. The second-order valence-corrected chi connectivity index (χ2v) is 5.03. The molecule has 1 fully saturated rings. The predicted molar refractivity (Wildman–Crippen MR) is 73.3 cm³/mol. The van der Waals surface area contributed by atoms with Gasteiger partial charge in [0.2, 0.25) is 0 Å². The van der Waals surface area contributed by atoms with Crippen LogP contribution in [0.15, 0.2) is 24.3 Å². The monoisotopic (exact) mass is 249 g/mol. The Bertz CT molecular complexity index is 375. The minimum Gasteiger partial charge on any atom is -0.493 e. The van der Waals surface area contributed by atoms with Gasteiger partial charge >= 0.3 is 0 Å². The molecule has 1 saturated carbocycles. The minimum absolute atomic E-state index is 0.498. The molecule has 2 rings (SSSR count). The molecule has 0 saturated heterocycles. The number of para-hydroxylation sites is 2. The summed E-state index contributed by atoms with van der Waals surface area (Å²) in [5.41, 5.74) is 0.498. The normalized spacial score (nSPS) is 16.3. The number of methoxy groups -OCH3 is 1. The van der Waals surface area contributed by atoms with Crippen molar-refractivity contribution < 1.29 is 9.47 Å². The quantitative estimate of drug-likeness (QED) is 0.768. The molecule has 100 valence electrons. The van der Waals surface area contributed by atoms with Gasteiger partial charge in [-0.25, -0.2) is 0 Å². The Labute approximate surface area is 109 Å². The van der Waals surface area contributed by atoms with Crippen molar-refractivity contribution in [3.05, 3.63) is 24.3 Å². The lowest BCUT2D eigenvalue weighted by atomic mass is 10.0. The Morgan fingerprint density at radius 3 is 2.56 bits per heavy atom. The fourth-order valence-corrected chi connectivity index (χ4v) is 2.20. The van der Waals surface area contributed by atoms with E-state index in [9.17, 15) is 0 Å². The third kappa shape index (κ3) is 3.39. The van der Waals surface area contributed by atoms with Crippen molar-refractivity contribution in [3.8, 4) is 11.5 Å². The first-order chi connectivity index (χ1) is 8.79. The number of rotatable bonds is 8. The van der Waals surface area contributed by atoms with E-state index in [0.29, 0.717) is 5.41 Å². The molecule has 1 aliphatic carbocycles. The summed E-state index contributed by atoms with van der Waals surface area (Å²) in [6.45, 7) is 5.10. The van der Waals surface area contributed by atoms with Gasteiger partial charge in [-0.2, -0.15) is 0 Å². The zero-order valence-corrected chi connectivity index (χ0v) is 11.4. The largest absolute Gasteiger partial charge is 0.493 e. The van der Waals surface area contributed by atoms with E-state index in [2.05, 4.69) is 12.2 Å². The Morgan fingerprint density at radius 1 is 1.22 bits per heavy atom. The van der Waals surface area contributed by atoms with Crippen LogP contribution in [0.3, 0.4) is 0 Å². The lowest BCUT2D eigenvalue weighted by Crippen LogP contribution is -2.25. The molecule has 1 aromatic rings. The van der Waals surface area contributed by atoms with Crippen LogP contribution in [-0.4, -0.2) is 26.8 Å². The summed E-state index contributed by atoms with van der Waals surface area (Å²) in [6, 6.07) is 7.83. The molecule has 0 aromatic heterocycles. The molecule has 1 aromatic carbocycles. The molecule has 0 unspecified atom stereocenters. The summed E-state index contributed by atoms with van der Waals surface area (Å²) in [5.74, 6) is 1.66. The van der Waals surface area contributed by atoms with E-state index in [-0.39, 0.29) is 0 Å². The van der Waals surface area contributed by atoms with E-state index in [4.69, 9.17) is 9.47 Å². The molecule has 0 spiro atoms. The van der Waals surface area contributed by atoms with Gasteiger partial charge in [-0.05, 0) is 43.4 Å². The molecule has 3 heteroatoms. The van der Waals surface area contributed by atoms with Crippen molar-refractivity contribution >= 4 is 0 Å². The van der Waals surface area contributed by atoms with Gasteiger partial charge in [0.25, 0.3) is 0 Å². The van der Waals surface area contributed by atoms with Crippen LogP contribution in [0.2, 0.25) is 0 Å². The van der Waals surface area contributed by atoms with Crippen LogP contribution in [0.5, 0.6) is 11.5 Å². The Balaban J connectivity index is 1.78. The zero-order chi connectivity index (χ0) is 12.8. The third-order valence-electron chi connectivity index (χ3n) is 3.67. The average Bonchev–Trinajstić information content (AvgIpc) is 3.17. The summed E-state index contributed by atoms with van der Waals surface area (Å²) < 4.78 is 11.1. The second-order valence-electron chi connectivity index (χ2n) is 5.03. The number of benzene rings is 1. The first-order valence-corrected chi connectivity index (χ1v) is 6.76. The van der Waals surface area contributed by atoms with Crippen LogP contribution in [0.4, 0.5) is 0 Å². The lowest BCUT2D eigenvalue weighted by molar-refractivity contribution is 0.254. The van der Waals surface area contributed by atoms with Crippen LogP contribution in [0.25, 0.3) is 0 Å². The van der Waals surface area contributed by atoms with Gasteiger partial charge in [0, 0.05) is 6.54 Å². The highest BCUT2D eigenvalue weighted by Gasteiger charge is 2.41. The SMILES string of the molecule is CCNCC1(CCOc2ccccc2OC)CC1. The van der Waals surface area contributed by atoms with Gasteiger partial charge in [0.05, 0.1) is 13.7 Å². The molecule has 3 nitrogen and oxygen atoms in total. The van der Waals surface area contributed by atoms with Crippen LogP contribution in [-0.2, 0) is 0 Å². The van der Waals surface area contributed by atoms with Crippen molar-refractivity contribution in [1.82, 2.24) is 5.32 Å². The van der Waals surface area contributed by atoms with Gasteiger partial charge in [-0.3, -0.25) is 0 Å². The topological polar surface area (TPSA) is 30.5 Å². The molecule has 0 aliphatic heterocycles. The van der Waals surface area contributed by atoms with E-state index in [1.54, 1.807) is 7.11 Å². The van der Waals surface area contributed by atoms with Crippen molar-refractivity contribution in [2.75, 3.05) is 26.8 Å². The molecule has 1 aliphatic rings. The molecule has 0 heterocycles. The maximum atomic E-state index is 5.83. The Hall–Kier alpha value is -1.22. The van der Waals surface area contributed by atoms with Crippen LogP contribution in [0.1, 0.15) is 26.2 Å². The standard InChI is InChI=1S/C15H23NO2/c1-3-16-12-15(8-9-15)10-11-18-14-7-5-4-6-13(14)17-2/h4-7,16H,3,8-12H2,1-2H3.